The molecule has 0 unspecified atom stereocenters. The summed E-state index contributed by atoms with van der Waals surface area (Å²) in [6.45, 7) is 3.80. The van der Waals surface area contributed by atoms with Gasteiger partial charge in [0.15, 0.2) is 11.3 Å². The van der Waals surface area contributed by atoms with Crippen molar-refractivity contribution in [2.24, 2.45) is 19.1 Å². The Labute approximate surface area is 403 Å². The highest BCUT2D eigenvalue weighted by Gasteiger charge is 2.23. The second-order valence-electron chi connectivity index (χ2n) is 16.8. The number of likely N-dealkylation sites (tertiary alicyclic amines) is 2. The van der Waals surface area contributed by atoms with Gasteiger partial charge in [-0.2, -0.15) is 10.2 Å². The fourth-order valence-corrected chi connectivity index (χ4v) is 8.43. The number of hydrogen-bond acceptors (Lipinski definition) is 15. The van der Waals surface area contributed by atoms with Gasteiger partial charge in [0.2, 0.25) is 11.8 Å². The third kappa shape index (κ3) is 10.5. The molecule has 8 heterocycles. The van der Waals surface area contributed by atoms with Crippen molar-refractivity contribution in [1.82, 2.24) is 58.8 Å². The first-order chi connectivity index (χ1) is 34.1. The molecule has 70 heavy (non-hydrogen) atoms. The van der Waals surface area contributed by atoms with Gasteiger partial charge in [0, 0.05) is 132 Å². The molecular formula is C50H54N14O6. The summed E-state index contributed by atoms with van der Waals surface area (Å²) in [6, 6.07) is 18.8. The SMILES string of the molecule is COc1cc(N=c2ccc3ncc(-c4cnn(C)c4)nc3n2CCN2CCCC2=O)cc(OC)c1.COc1cc(OC)cc(N(CCN2CCCC2=O)c2ccc3ncc(-c4cnn(C)c4)nc3n2)c1. The Kier molecular flexibility index (Phi) is 13.9. The number of hydrogen-bond donors (Lipinski definition) is 0. The average molecular weight is 947 g/mol. The summed E-state index contributed by atoms with van der Waals surface area (Å²) in [7, 11) is 10.2. The van der Waals surface area contributed by atoms with Crippen molar-refractivity contribution in [3.63, 3.8) is 0 Å². The predicted octanol–water partition coefficient (Wildman–Crippen LogP) is 5.91. The quantitative estimate of drug-likeness (QED) is 0.118. The Balaban J connectivity index is 0.000000174. The Hall–Kier alpha value is -8.42. The highest BCUT2D eigenvalue weighted by atomic mass is 16.5. The lowest BCUT2D eigenvalue weighted by Gasteiger charge is -2.27. The summed E-state index contributed by atoms with van der Waals surface area (Å²) >= 11 is 0. The number of aryl methyl sites for hydroxylation is 2. The Morgan fingerprint density at radius 1 is 0.614 bits per heavy atom. The second-order valence-corrected chi connectivity index (χ2v) is 16.8. The lowest BCUT2D eigenvalue weighted by atomic mass is 10.2. The van der Waals surface area contributed by atoms with Gasteiger partial charge in [-0.15, -0.1) is 0 Å². The number of rotatable bonds is 15. The minimum atomic E-state index is 0.184. The molecule has 0 radical (unpaired) electrons. The smallest absolute Gasteiger partial charge is 0.222 e. The van der Waals surface area contributed by atoms with E-state index in [1.807, 2.05) is 95.5 Å². The van der Waals surface area contributed by atoms with Crippen molar-refractivity contribution < 1.29 is 28.5 Å². The van der Waals surface area contributed by atoms with E-state index in [1.54, 1.807) is 68.7 Å². The van der Waals surface area contributed by atoms with E-state index in [9.17, 15) is 9.59 Å². The van der Waals surface area contributed by atoms with Gasteiger partial charge in [0.1, 0.15) is 45.3 Å². The molecule has 2 fully saturated rings. The number of fused-ring (bicyclic) bond motifs is 2. The van der Waals surface area contributed by atoms with Crippen molar-refractivity contribution >= 4 is 51.3 Å². The summed E-state index contributed by atoms with van der Waals surface area (Å²) < 4.78 is 27.3. The van der Waals surface area contributed by atoms with Crippen molar-refractivity contribution in [1.29, 1.82) is 0 Å². The van der Waals surface area contributed by atoms with Crippen molar-refractivity contribution in [3.8, 4) is 45.5 Å². The lowest BCUT2D eigenvalue weighted by molar-refractivity contribution is -0.128. The first-order valence-electron chi connectivity index (χ1n) is 22.9. The van der Waals surface area contributed by atoms with Crippen LogP contribution in [0.4, 0.5) is 17.2 Å². The molecule has 20 nitrogen and oxygen atoms in total. The molecule has 0 spiro atoms. The number of carbonyl (C=O) groups is 2. The normalized spacial score (nSPS) is 13.8. The maximum Gasteiger partial charge on any atom is 0.222 e. The number of ether oxygens (including phenoxy) is 4. The zero-order valence-electron chi connectivity index (χ0n) is 40.0. The number of benzene rings is 2. The molecule has 0 bridgehead atoms. The maximum atomic E-state index is 12.2. The van der Waals surface area contributed by atoms with Crippen LogP contribution in [0.25, 0.3) is 44.8 Å². The average Bonchev–Trinajstić information content (AvgIpc) is 4.22. The third-order valence-corrected chi connectivity index (χ3v) is 12.1. The summed E-state index contributed by atoms with van der Waals surface area (Å²) in [5.41, 5.74) is 8.04. The van der Waals surface area contributed by atoms with Crippen LogP contribution >= 0.6 is 0 Å². The fraction of sp³-hybridized carbons (Fsp3) is 0.320. The van der Waals surface area contributed by atoms with Crippen LogP contribution in [0.3, 0.4) is 0 Å². The number of anilines is 2. The zero-order chi connectivity index (χ0) is 48.7. The molecule has 0 aliphatic carbocycles. The molecule has 2 aromatic carbocycles. The second kappa shape index (κ2) is 20.8. The molecule has 8 aromatic rings. The number of carbonyl (C=O) groups excluding carboxylic acids is 2. The van der Waals surface area contributed by atoms with Gasteiger partial charge in [0.25, 0.3) is 0 Å². The summed E-state index contributed by atoms with van der Waals surface area (Å²) in [5, 5.41) is 8.48. The van der Waals surface area contributed by atoms with E-state index >= 15 is 0 Å². The van der Waals surface area contributed by atoms with Gasteiger partial charge in [-0.05, 0) is 37.1 Å². The fourth-order valence-electron chi connectivity index (χ4n) is 8.43. The van der Waals surface area contributed by atoms with E-state index in [0.29, 0.717) is 102 Å². The van der Waals surface area contributed by atoms with Crippen molar-refractivity contribution in [3.05, 3.63) is 103 Å². The summed E-state index contributed by atoms with van der Waals surface area (Å²) in [6.07, 6.45) is 13.8. The largest absolute Gasteiger partial charge is 0.497 e. The Bertz CT molecular complexity index is 3210. The van der Waals surface area contributed by atoms with Crippen LogP contribution in [-0.2, 0) is 30.2 Å². The van der Waals surface area contributed by atoms with Gasteiger partial charge in [0.05, 0.1) is 70.3 Å². The molecule has 360 valence electrons. The first kappa shape index (κ1) is 46.7. The van der Waals surface area contributed by atoms with Crippen LogP contribution < -0.4 is 29.3 Å². The van der Waals surface area contributed by atoms with Gasteiger partial charge in [-0.25, -0.2) is 19.9 Å². The third-order valence-electron chi connectivity index (χ3n) is 12.1. The van der Waals surface area contributed by atoms with Gasteiger partial charge >= 0.3 is 0 Å². The zero-order valence-corrected chi connectivity index (χ0v) is 40.0. The molecule has 0 saturated carbocycles. The maximum absolute atomic E-state index is 12.2. The molecule has 2 amide bonds. The molecular weight excluding hydrogens is 893 g/mol. The molecule has 6 aromatic heterocycles. The van der Waals surface area contributed by atoms with Gasteiger partial charge in [-0.3, -0.25) is 28.9 Å². The van der Waals surface area contributed by atoms with Crippen LogP contribution in [0.1, 0.15) is 25.7 Å². The van der Waals surface area contributed by atoms with E-state index in [4.69, 9.17) is 38.9 Å². The van der Waals surface area contributed by atoms with E-state index in [-0.39, 0.29) is 11.8 Å². The van der Waals surface area contributed by atoms with E-state index in [2.05, 4.69) is 25.1 Å². The number of aromatic nitrogens is 10. The minimum Gasteiger partial charge on any atom is -0.497 e. The molecule has 20 heteroatoms. The number of nitrogens with zero attached hydrogens (tertiary/aromatic N) is 14. The van der Waals surface area contributed by atoms with E-state index < -0.39 is 0 Å². The van der Waals surface area contributed by atoms with Crippen LogP contribution in [0.5, 0.6) is 23.0 Å². The van der Waals surface area contributed by atoms with Crippen LogP contribution in [0, 0.1) is 0 Å². The van der Waals surface area contributed by atoms with E-state index in [1.165, 1.54) is 0 Å². The first-order valence-corrected chi connectivity index (χ1v) is 22.9. The molecule has 2 saturated heterocycles. The summed E-state index contributed by atoms with van der Waals surface area (Å²) in [4.78, 5) is 58.9. The molecule has 0 N–H and O–H groups in total. The highest BCUT2D eigenvalue weighted by molar-refractivity contribution is 5.80. The minimum absolute atomic E-state index is 0.184. The number of methoxy groups -OCH3 is 4. The Morgan fingerprint density at radius 2 is 1.17 bits per heavy atom. The van der Waals surface area contributed by atoms with Crippen LogP contribution in [0.15, 0.2) is 103 Å². The monoisotopic (exact) mass is 946 g/mol. The van der Waals surface area contributed by atoms with Gasteiger partial charge in [-0.1, -0.05) is 0 Å². The summed E-state index contributed by atoms with van der Waals surface area (Å²) in [5.74, 6) is 3.70. The van der Waals surface area contributed by atoms with Crippen LogP contribution in [-0.4, -0.2) is 132 Å². The van der Waals surface area contributed by atoms with Crippen LogP contribution in [0.2, 0.25) is 0 Å². The standard InChI is InChI=1S/2C25H27N7O3/c1-30-16-17(14-27-30)22-15-26-21-6-7-23(29-25(21)28-22)32(10-9-31-8-4-5-24(31)33)18-11-19(34-2)13-20(12-18)35-3;1-30-16-17(14-27-30)22-15-26-21-6-7-23(28-18-11-19(34-2)13-20(12-18)35-3)32(25(21)29-22)10-9-31-8-4-5-24(31)33/h2*6-7,11-16H,4-5,8-10H2,1-3H3. The predicted molar refractivity (Wildman–Crippen MR) is 262 cm³/mol. The molecule has 2 aliphatic rings. The number of pyridine rings is 2. The molecule has 10 rings (SSSR count). The molecule has 2 aliphatic heterocycles. The van der Waals surface area contributed by atoms with E-state index in [0.717, 1.165) is 54.0 Å². The Morgan fingerprint density at radius 3 is 1.73 bits per heavy atom. The highest BCUT2D eigenvalue weighted by Crippen LogP contribution is 2.33. The lowest BCUT2D eigenvalue weighted by Crippen LogP contribution is -2.34. The number of amides is 2. The van der Waals surface area contributed by atoms with Crippen molar-refractivity contribution in [2.75, 3.05) is 66.1 Å². The molecule has 0 atom stereocenters. The topological polar surface area (TPSA) is 198 Å². The van der Waals surface area contributed by atoms with Gasteiger partial charge < -0.3 is 38.2 Å². The van der Waals surface area contributed by atoms with Crippen molar-refractivity contribution in [2.45, 2.75) is 32.2 Å².